The fourth-order valence-corrected chi connectivity index (χ4v) is 2.07. The summed E-state index contributed by atoms with van der Waals surface area (Å²) in [5.41, 5.74) is 0.284. The first-order valence-electron chi connectivity index (χ1n) is 6.30. The smallest absolute Gasteiger partial charge is 0.305 e. The van der Waals surface area contributed by atoms with Crippen LogP contribution in [0.5, 0.6) is 5.75 Å². The molecule has 5 nitrogen and oxygen atoms in total. The number of carbonyl (C=O) groups is 2. The molecule has 110 valence electrons. The molecule has 0 aliphatic rings. The van der Waals surface area contributed by atoms with Crippen molar-refractivity contribution in [1.82, 2.24) is 5.32 Å². The lowest BCUT2D eigenvalue weighted by molar-refractivity contribution is -0.137. The van der Waals surface area contributed by atoms with Crippen LogP contribution in [0.25, 0.3) is 0 Å². The summed E-state index contributed by atoms with van der Waals surface area (Å²) in [7, 11) is 0. The molecule has 0 spiro atoms. The Balaban J connectivity index is 2.78. The Kier molecular flexibility index (Phi) is 5.82. The zero-order valence-electron chi connectivity index (χ0n) is 11.4. The Labute approximate surface area is 122 Å². The van der Waals surface area contributed by atoms with Crippen LogP contribution in [0.1, 0.15) is 37.0 Å². The Morgan fingerprint density at radius 1 is 1.35 bits per heavy atom. The van der Waals surface area contributed by atoms with Gasteiger partial charge in [0.25, 0.3) is 5.91 Å². The molecule has 0 heterocycles. The predicted molar refractivity (Wildman–Crippen MR) is 76.1 cm³/mol. The van der Waals surface area contributed by atoms with E-state index in [9.17, 15) is 14.7 Å². The molecule has 1 aromatic rings. The van der Waals surface area contributed by atoms with Crippen LogP contribution < -0.4 is 5.32 Å². The number of carboxylic acid groups (broad SMARTS) is 1. The molecule has 1 aromatic carbocycles. The van der Waals surface area contributed by atoms with E-state index in [4.69, 9.17) is 16.7 Å². The van der Waals surface area contributed by atoms with E-state index in [-0.39, 0.29) is 28.7 Å². The molecule has 1 rings (SSSR count). The van der Waals surface area contributed by atoms with Gasteiger partial charge in [-0.25, -0.2) is 0 Å². The molecule has 0 saturated heterocycles. The Morgan fingerprint density at radius 3 is 2.50 bits per heavy atom. The summed E-state index contributed by atoms with van der Waals surface area (Å²) in [5.74, 6) is -1.20. The predicted octanol–water partition coefficient (Wildman–Crippen LogP) is 2.66. The zero-order valence-corrected chi connectivity index (χ0v) is 12.1. The minimum Gasteiger partial charge on any atom is -0.506 e. The van der Waals surface area contributed by atoms with Gasteiger partial charge in [0.1, 0.15) is 5.75 Å². The summed E-state index contributed by atoms with van der Waals surface area (Å²) >= 11 is 5.74. The summed E-state index contributed by atoms with van der Waals surface area (Å²) < 4.78 is 0. The summed E-state index contributed by atoms with van der Waals surface area (Å²) in [5, 5.41) is 20.9. The number of phenolic OH excluding ortho intramolecular Hbond substituents is 1. The number of benzene rings is 1. The molecule has 1 amide bonds. The molecule has 0 unspecified atom stereocenters. The maximum Gasteiger partial charge on any atom is 0.305 e. The highest BCUT2D eigenvalue weighted by molar-refractivity contribution is 6.32. The fraction of sp³-hybridized carbons (Fsp3) is 0.429. The van der Waals surface area contributed by atoms with E-state index in [1.54, 1.807) is 0 Å². The largest absolute Gasteiger partial charge is 0.506 e. The van der Waals surface area contributed by atoms with Gasteiger partial charge in [0.15, 0.2) is 0 Å². The fourth-order valence-electron chi connectivity index (χ4n) is 1.89. The van der Waals surface area contributed by atoms with Crippen molar-refractivity contribution in [2.45, 2.75) is 32.7 Å². The Hall–Kier alpha value is -1.75. The molecule has 1 atom stereocenters. The summed E-state index contributed by atoms with van der Waals surface area (Å²) in [4.78, 5) is 22.8. The van der Waals surface area contributed by atoms with E-state index in [1.165, 1.54) is 18.2 Å². The lowest BCUT2D eigenvalue weighted by Crippen LogP contribution is -2.37. The van der Waals surface area contributed by atoms with Crippen LogP contribution in [0.2, 0.25) is 5.02 Å². The Bertz CT molecular complexity index is 502. The van der Waals surface area contributed by atoms with Crippen molar-refractivity contribution in [3.8, 4) is 5.75 Å². The molecule has 0 aromatic heterocycles. The number of halogens is 1. The van der Waals surface area contributed by atoms with Gasteiger partial charge in [-0.2, -0.15) is 0 Å². The first-order chi connectivity index (χ1) is 9.29. The van der Waals surface area contributed by atoms with Crippen LogP contribution in [0, 0.1) is 5.92 Å². The molecule has 0 aliphatic heterocycles. The molecule has 20 heavy (non-hydrogen) atoms. The number of aromatic hydroxyl groups is 1. The lowest BCUT2D eigenvalue weighted by atomic mass is 10.0. The maximum absolute atomic E-state index is 12.0. The van der Waals surface area contributed by atoms with Crippen LogP contribution in [0.15, 0.2) is 18.2 Å². The van der Waals surface area contributed by atoms with E-state index < -0.39 is 17.9 Å². The number of hydrogen-bond acceptors (Lipinski definition) is 3. The molecular weight excluding hydrogens is 282 g/mol. The van der Waals surface area contributed by atoms with Gasteiger partial charge in [0.05, 0.1) is 11.4 Å². The number of amides is 1. The number of carboxylic acids is 1. The topological polar surface area (TPSA) is 86.6 Å². The van der Waals surface area contributed by atoms with E-state index in [2.05, 4.69) is 5.32 Å². The van der Waals surface area contributed by atoms with Gasteiger partial charge in [0, 0.05) is 11.6 Å². The molecule has 0 bridgehead atoms. The summed E-state index contributed by atoms with van der Waals surface area (Å²) in [6.45, 7) is 3.91. The van der Waals surface area contributed by atoms with Crippen molar-refractivity contribution in [3.05, 3.63) is 28.8 Å². The van der Waals surface area contributed by atoms with E-state index >= 15 is 0 Å². The van der Waals surface area contributed by atoms with Crippen LogP contribution in [-0.2, 0) is 4.79 Å². The van der Waals surface area contributed by atoms with Crippen LogP contribution in [0.3, 0.4) is 0 Å². The standard InChI is InChI=1S/C14H18ClNO4/c1-8(2)5-10(7-13(18)19)16-14(20)9-3-4-12(17)11(15)6-9/h3-4,6,8,10,17H,5,7H2,1-2H3,(H,16,20)(H,18,19)/t10-/m1/s1. The third kappa shape index (κ3) is 5.09. The van der Waals surface area contributed by atoms with Gasteiger partial charge >= 0.3 is 5.97 Å². The minimum absolute atomic E-state index is 0.0799. The molecule has 6 heteroatoms. The molecule has 0 fully saturated rings. The van der Waals surface area contributed by atoms with Gasteiger partial charge in [-0.05, 0) is 30.5 Å². The highest BCUT2D eigenvalue weighted by atomic mass is 35.5. The first kappa shape index (κ1) is 16.3. The summed E-state index contributed by atoms with van der Waals surface area (Å²) in [6.07, 6.45) is 0.444. The van der Waals surface area contributed by atoms with E-state index in [0.29, 0.717) is 6.42 Å². The third-order valence-electron chi connectivity index (χ3n) is 2.72. The quantitative estimate of drug-likeness (QED) is 0.753. The third-order valence-corrected chi connectivity index (χ3v) is 3.02. The number of carbonyl (C=O) groups excluding carboxylic acids is 1. The minimum atomic E-state index is -0.959. The van der Waals surface area contributed by atoms with Crippen LogP contribution in [0.4, 0.5) is 0 Å². The average molecular weight is 300 g/mol. The van der Waals surface area contributed by atoms with Crippen molar-refractivity contribution in [1.29, 1.82) is 0 Å². The normalized spacial score (nSPS) is 12.2. The second kappa shape index (κ2) is 7.14. The maximum atomic E-state index is 12.0. The van der Waals surface area contributed by atoms with Gasteiger partial charge in [-0.15, -0.1) is 0 Å². The van der Waals surface area contributed by atoms with Crippen molar-refractivity contribution in [3.63, 3.8) is 0 Å². The first-order valence-corrected chi connectivity index (χ1v) is 6.68. The number of aliphatic carboxylic acids is 1. The van der Waals surface area contributed by atoms with Gasteiger partial charge < -0.3 is 15.5 Å². The second-order valence-electron chi connectivity index (χ2n) is 5.06. The average Bonchev–Trinajstić information content (AvgIpc) is 2.30. The van der Waals surface area contributed by atoms with Gasteiger partial charge in [-0.1, -0.05) is 25.4 Å². The van der Waals surface area contributed by atoms with Crippen LogP contribution >= 0.6 is 11.6 Å². The molecular formula is C14H18ClNO4. The highest BCUT2D eigenvalue weighted by Gasteiger charge is 2.18. The molecule has 0 radical (unpaired) electrons. The number of phenols is 1. The lowest BCUT2D eigenvalue weighted by Gasteiger charge is -2.19. The van der Waals surface area contributed by atoms with Crippen molar-refractivity contribution in [2.75, 3.05) is 0 Å². The van der Waals surface area contributed by atoms with Crippen molar-refractivity contribution in [2.24, 2.45) is 5.92 Å². The monoisotopic (exact) mass is 299 g/mol. The summed E-state index contributed by atoms with van der Waals surface area (Å²) in [6, 6.07) is 3.67. The highest BCUT2D eigenvalue weighted by Crippen LogP contribution is 2.23. The zero-order chi connectivity index (χ0) is 15.3. The number of rotatable bonds is 6. The van der Waals surface area contributed by atoms with E-state index in [1.807, 2.05) is 13.8 Å². The van der Waals surface area contributed by atoms with Gasteiger partial charge in [-0.3, -0.25) is 9.59 Å². The van der Waals surface area contributed by atoms with Crippen LogP contribution in [-0.4, -0.2) is 28.1 Å². The molecule has 0 saturated carbocycles. The van der Waals surface area contributed by atoms with E-state index in [0.717, 1.165) is 0 Å². The number of hydrogen-bond donors (Lipinski definition) is 3. The van der Waals surface area contributed by atoms with Crippen molar-refractivity contribution < 1.29 is 19.8 Å². The number of nitrogens with one attached hydrogen (secondary N) is 1. The Morgan fingerprint density at radius 2 is 2.00 bits per heavy atom. The SMILES string of the molecule is CC(C)C[C@H](CC(=O)O)NC(=O)c1ccc(O)c(Cl)c1. The molecule has 0 aliphatic carbocycles. The molecule has 3 N–H and O–H groups in total. The van der Waals surface area contributed by atoms with Gasteiger partial charge in [0.2, 0.25) is 0 Å². The second-order valence-corrected chi connectivity index (χ2v) is 5.47. The van der Waals surface area contributed by atoms with Crippen molar-refractivity contribution >= 4 is 23.5 Å².